The molecule has 0 N–H and O–H groups in total. The first-order valence-electron chi connectivity index (χ1n) is 5.78. The Morgan fingerprint density at radius 3 is 2.65 bits per heavy atom. The van der Waals surface area contributed by atoms with Gasteiger partial charge in [0.05, 0.1) is 0 Å². The molecule has 0 saturated heterocycles. The van der Waals surface area contributed by atoms with Crippen LogP contribution in [0.4, 0.5) is 0 Å². The van der Waals surface area contributed by atoms with Crippen LogP contribution in [0, 0.1) is 0 Å². The van der Waals surface area contributed by atoms with E-state index in [9.17, 15) is 4.79 Å². The van der Waals surface area contributed by atoms with Crippen molar-refractivity contribution in [2.45, 2.75) is 32.6 Å². The second-order valence-corrected chi connectivity index (χ2v) is 4.80. The fourth-order valence-electron chi connectivity index (χ4n) is 1.56. The van der Waals surface area contributed by atoms with Gasteiger partial charge < -0.3 is 0 Å². The number of carbonyl (C=O) groups is 1. The zero-order valence-corrected chi connectivity index (χ0v) is 11.4. The molecule has 0 radical (unpaired) electrons. The van der Waals surface area contributed by atoms with Crippen LogP contribution in [0.2, 0.25) is 10.0 Å². The summed E-state index contributed by atoms with van der Waals surface area (Å²) in [6.07, 6.45) is 6.86. The molecular weight excluding hydrogens is 255 g/mol. The molecule has 0 saturated carbocycles. The highest BCUT2D eigenvalue weighted by molar-refractivity contribution is 6.35. The maximum Gasteiger partial charge on any atom is 0.146 e. The number of carbonyl (C=O) groups excluding carboxylic acids is 1. The lowest BCUT2D eigenvalue weighted by Crippen LogP contribution is -1.87. The molecule has 0 amide bonds. The molecule has 17 heavy (non-hydrogen) atoms. The van der Waals surface area contributed by atoms with Crippen LogP contribution in [-0.2, 0) is 4.79 Å². The van der Waals surface area contributed by atoms with Crippen LogP contribution < -0.4 is 0 Å². The third kappa shape index (κ3) is 4.93. The van der Waals surface area contributed by atoms with Crippen molar-refractivity contribution in [1.82, 2.24) is 0 Å². The average molecular weight is 271 g/mol. The second kappa shape index (κ2) is 7.52. The summed E-state index contributed by atoms with van der Waals surface area (Å²) in [5.41, 5.74) is 1.62. The first-order valence-corrected chi connectivity index (χ1v) is 6.53. The van der Waals surface area contributed by atoms with Crippen molar-refractivity contribution >= 4 is 35.6 Å². The van der Waals surface area contributed by atoms with Gasteiger partial charge in [0.15, 0.2) is 0 Å². The van der Waals surface area contributed by atoms with Crippen LogP contribution in [-0.4, -0.2) is 6.29 Å². The highest BCUT2D eigenvalue weighted by Crippen LogP contribution is 2.23. The van der Waals surface area contributed by atoms with Crippen molar-refractivity contribution in [3.8, 4) is 0 Å². The molecule has 0 atom stereocenters. The molecule has 3 heteroatoms. The smallest absolute Gasteiger partial charge is 0.146 e. The first kappa shape index (κ1) is 14.3. The number of aldehydes is 1. The number of allylic oxidation sites excluding steroid dienone is 1. The molecule has 92 valence electrons. The normalized spacial score (nSPS) is 11.6. The van der Waals surface area contributed by atoms with Crippen molar-refractivity contribution in [3.63, 3.8) is 0 Å². The van der Waals surface area contributed by atoms with E-state index in [1.54, 1.807) is 12.1 Å². The summed E-state index contributed by atoms with van der Waals surface area (Å²) in [7, 11) is 0. The van der Waals surface area contributed by atoms with Gasteiger partial charge >= 0.3 is 0 Å². The zero-order chi connectivity index (χ0) is 12.7. The van der Waals surface area contributed by atoms with E-state index in [4.69, 9.17) is 23.2 Å². The van der Waals surface area contributed by atoms with Gasteiger partial charge in [0, 0.05) is 10.0 Å². The van der Waals surface area contributed by atoms with E-state index in [-0.39, 0.29) is 0 Å². The lowest BCUT2D eigenvalue weighted by molar-refractivity contribution is -0.105. The molecule has 1 aromatic rings. The summed E-state index contributed by atoms with van der Waals surface area (Å²) in [5, 5.41) is 1.18. The maximum absolute atomic E-state index is 10.9. The molecule has 0 bridgehead atoms. The largest absolute Gasteiger partial charge is 0.298 e. The van der Waals surface area contributed by atoms with Crippen LogP contribution in [0.15, 0.2) is 23.8 Å². The lowest BCUT2D eigenvalue weighted by Gasteiger charge is -2.02. The summed E-state index contributed by atoms with van der Waals surface area (Å²) < 4.78 is 0. The number of unbranched alkanes of at least 4 members (excludes halogenated alkanes) is 2. The van der Waals surface area contributed by atoms with Gasteiger partial charge in [-0.25, -0.2) is 0 Å². The molecule has 0 fully saturated rings. The molecule has 0 aliphatic rings. The van der Waals surface area contributed by atoms with Crippen molar-refractivity contribution in [2.75, 3.05) is 0 Å². The molecule has 1 nitrogen and oxygen atoms in total. The Bertz CT molecular complexity index is 411. The van der Waals surface area contributed by atoms with Crippen LogP contribution in [0.5, 0.6) is 0 Å². The van der Waals surface area contributed by atoms with E-state index < -0.39 is 0 Å². The van der Waals surface area contributed by atoms with Gasteiger partial charge in [-0.2, -0.15) is 0 Å². The van der Waals surface area contributed by atoms with E-state index >= 15 is 0 Å². The standard InChI is InChI=1S/C14H16Cl2O/c1-2-3-4-5-11(10-17)8-12-6-7-13(15)9-14(12)16/h6-10H,2-5H2,1H3/b11-8-. The minimum Gasteiger partial charge on any atom is -0.298 e. The van der Waals surface area contributed by atoms with Gasteiger partial charge in [0.2, 0.25) is 0 Å². The van der Waals surface area contributed by atoms with Crippen LogP contribution in [0.1, 0.15) is 38.2 Å². The van der Waals surface area contributed by atoms with Crippen LogP contribution in [0.25, 0.3) is 6.08 Å². The van der Waals surface area contributed by atoms with Gasteiger partial charge in [-0.1, -0.05) is 49.0 Å². The van der Waals surface area contributed by atoms with E-state index in [2.05, 4.69) is 6.92 Å². The van der Waals surface area contributed by atoms with Crippen molar-refractivity contribution in [3.05, 3.63) is 39.4 Å². The number of rotatable bonds is 6. The minimum atomic E-state index is 0.576. The number of hydrogen-bond donors (Lipinski definition) is 0. The number of benzene rings is 1. The highest BCUT2D eigenvalue weighted by atomic mass is 35.5. The molecule has 0 aromatic heterocycles. The predicted molar refractivity (Wildman–Crippen MR) is 74.6 cm³/mol. The van der Waals surface area contributed by atoms with Gasteiger partial charge in [0.1, 0.15) is 6.29 Å². The van der Waals surface area contributed by atoms with E-state index in [0.29, 0.717) is 10.0 Å². The summed E-state index contributed by atoms with van der Waals surface area (Å²) >= 11 is 11.9. The second-order valence-electron chi connectivity index (χ2n) is 3.96. The maximum atomic E-state index is 10.9. The Kier molecular flexibility index (Phi) is 6.31. The Hall–Kier alpha value is -0.790. The van der Waals surface area contributed by atoms with Crippen molar-refractivity contribution < 1.29 is 4.79 Å². The Labute approximate surface area is 112 Å². The highest BCUT2D eigenvalue weighted by Gasteiger charge is 2.01. The van der Waals surface area contributed by atoms with E-state index in [1.807, 2.05) is 12.1 Å². The number of halogens is 2. The van der Waals surface area contributed by atoms with Gasteiger partial charge in [-0.3, -0.25) is 4.79 Å². The lowest BCUT2D eigenvalue weighted by atomic mass is 10.1. The molecule has 1 aromatic carbocycles. The molecule has 1 rings (SSSR count). The molecule has 0 aliphatic heterocycles. The van der Waals surface area contributed by atoms with Gasteiger partial charge in [-0.15, -0.1) is 0 Å². The van der Waals surface area contributed by atoms with E-state index in [0.717, 1.165) is 43.1 Å². The quantitative estimate of drug-likeness (QED) is 0.397. The molecule has 0 spiro atoms. The SMILES string of the molecule is CCCCC/C(C=O)=C/c1ccc(Cl)cc1Cl. The summed E-state index contributed by atoms with van der Waals surface area (Å²) in [6.45, 7) is 2.14. The minimum absolute atomic E-state index is 0.576. The molecule has 0 heterocycles. The Morgan fingerprint density at radius 1 is 1.29 bits per heavy atom. The fraction of sp³-hybridized carbons (Fsp3) is 0.357. The zero-order valence-electron chi connectivity index (χ0n) is 9.88. The fourth-order valence-corrected chi connectivity index (χ4v) is 2.03. The average Bonchev–Trinajstić information content (AvgIpc) is 2.31. The summed E-state index contributed by atoms with van der Waals surface area (Å²) in [4.78, 5) is 10.9. The summed E-state index contributed by atoms with van der Waals surface area (Å²) in [6, 6.07) is 5.28. The van der Waals surface area contributed by atoms with E-state index in [1.165, 1.54) is 0 Å². The molecular formula is C14H16Cl2O. The topological polar surface area (TPSA) is 17.1 Å². The Balaban J connectivity index is 2.79. The monoisotopic (exact) mass is 270 g/mol. The van der Waals surface area contributed by atoms with Crippen molar-refractivity contribution in [1.29, 1.82) is 0 Å². The van der Waals surface area contributed by atoms with Crippen LogP contribution in [0.3, 0.4) is 0 Å². The molecule has 0 unspecified atom stereocenters. The van der Waals surface area contributed by atoms with Crippen molar-refractivity contribution in [2.24, 2.45) is 0 Å². The van der Waals surface area contributed by atoms with Gasteiger partial charge in [0.25, 0.3) is 0 Å². The first-order chi connectivity index (χ1) is 8.17. The van der Waals surface area contributed by atoms with Gasteiger partial charge in [-0.05, 0) is 42.2 Å². The molecule has 0 aliphatic carbocycles. The number of hydrogen-bond acceptors (Lipinski definition) is 1. The Morgan fingerprint density at radius 2 is 2.06 bits per heavy atom. The summed E-state index contributed by atoms with van der Waals surface area (Å²) in [5.74, 6) is 0. The predicted octanol–water partition coefficient (Wildman–Crippen LogP) is 5.16. The van der Waals surface area contributed by atoms with Crippen LogP contribution >= 0.6 is 23.2 Å². The third-order valence-corrected chi connectivity index (χ3v) is 3.09. The third-order valence-electron chi connectivity index (χ3n) is 2.52.